The van der Waals surface area contributed by atoms with Gasteiger partial charge in [0.25, 0.3) is 0 Å². The Hall–Kier alpha value is -1.55. The molecule has 16 heavy (non-hydrogen) atoms. The van der Waals surface area contributed by atoms with E-state index in [0.29, 0.717) is 18.8 Å². The second-order valence-corrected chi connectivity index (χ2v) is 3.59. The number of carbonyl (C=O) groups is 1. The SMILES string of the molecule is CCCCOCc1cccc(N)c1C(=O)O. The number of benzene rings is 1. The summed E-state index contributed by atoms with van der Waals surface area (Å²) >= 11 is 0. The minimum absolute atomic E-state index is 0.152. The number of ether oxygens (including phenoxy) is 1. The van der Waals surface area contributed by atoms with Crippen molar-refractivity contribution < 1.29 is 14.6 Å². The molecule has 1 aromatic carbocycles. The van der Waals surface area contributed by atoms with Crippen molar-refractivity contribution in [3.05, 3.63) is 29.3 Å². The predicted octanol–water partition coefficient (Wildman–Crippen LogP) is 2.28. The van der Waals surface area contributed by atoms with Gasteiger partial charge in [0.2, 0.25) is 0 Å². The van der Waals surface area contributed by atoms with Crippen LogP contribution in [0.4, 0.5) is 5.69 Å². The van der Waals surface area contributed by atoms with Crippen molar-refractivity contribution in [3.8, 4) is 0 Å². The molecule has 1 rings (SSSR count). The third kappa shape index (κ3) is 3.24. The first kappa shape index (κ1) is 12.5. The first-order chi connectivity index (χ1) is 7.66. The molecule has 0 amide bonds. The summed E-state index contributed by atoms with van der Waals surface area (Å²) in [5.41, 5.74) is 6.68. The minimum Gasteiger partial charge on any atom is -0.478 e. The second-order valence-electron chi connectivity index (χ2n) is 3.59. The van der Waals surface area contributed by atoms with Gasteiger partial charge in [-0.15, -0.1) is 0 Å². The van der Waals surface area contributed by atoms with Gasteiger partial charge < -0.3 is 15.6 Å². The molecule has 0 saturated heterocycles. The number of hydrogen-bond acceptors (Lipinski definition) is 3. The van der Waals surface area contributed by atoms with Gasteiger partial charge >= 0.3 is 5.97 Å². The van der Waals surface area contributed by atoms with Crippen LogP contribution in [-0.4, -0.2) is 17.7 Å². The van der Waals surface area contributed by atoms with E-state index in [1.807, 2.05) is 0 Å². The van der Waals surface area contributed by atoms with Gasteiger partial charge in [0.1, 0.15) is 0 Å². The Morgan fingerprint density at radius 1 is 1.50 bits per heavy atom. The van der Waals surface area contributed by atoms with Crippen LogP contribution in [0.3, 0.4) is 0 Å². The van der Waals surface area contributed by atoms with E-state index >= 15 is 0 Å². The number of nitrogen functional groups attached to an aromatic ring is 1. The lowest BCUT2D eigenvalue weighted by atomic mass is 10.1. The number of nitrogens with two attached hydrogens (primary N) is 1. The van der Waals surface area contributed by atoms with E-state index < -0.39 is 5.97 Å². The molecule has 3 N–H and O–H groups in total. The third-order valence-corrected chi connectivity index (χ3v) is 2.30. The van der Waals surface area contributed by atoms with Gasteiger partial charge in [0.05, 0.1) is 12.2 Å². The molecule has 0 aromatic heterocycles. The zero-order chi connectivity index (χ0) is 12.0. The molecular weight excluding hydrogens is 206 g/mol. The van der Waals surface area contributed by atoms with Crippen molar-refractivity contribution in [3.63, 3.8) is 0 Å². The summed E-state index contributed by atoms with van der Waals surface area (Å²) in [5.74, 6) is -1.01. The maximum Gasteiger partial charge on any atom is 0.338 e. The van der Waals surface area contributed by atoms with Gasteiger partial charge in [-0.2, -0.15) is 0 Å². The van der Waals surface area contributed by atoms with Crippen molar-refractivity contribution >= 4 is 11.7 Å². The molecule has 0 aliphatic heterocycles. The summed E-state index contributed by atoms with van der Waals surface area (Å²) in [7, 11) is 0. The van der Waals surface area contributed by atoms with Gasteiger partial charge in [0.15, 0.2) is 0 Å². The second kappa shape index (κ2) is 6.12. The first-order valence-electron chi connectivity index (χ1n) is 5.35. The average molecular weight is 223 g/mol. The van der Waals surface area contributed by atoms with Crippen molar-refractivity contribution in [2.75, 3.05) is 12.3 Å². The summed E-state index contributed by atoms with van der Waals surface area (Å²) in [4.78, 5) is 11.0. The van der Waals surface area contributed by atoms with E-state index in [4.69, 9.17) is 15.6 Å². The fourth-order valence-corrected chi connectivity index (χ4v) is 1.43. The van der Waals surface area contributed by atoms with E-state index in [1.165, 1.54) is 0 Å². The fourth-order valence-electron chi connectivity index (χ4n) is 1.43. The van der Waals surface area contributed by atoms with Crippen molar-refractivity contribution in [1.82, 2.24) is 0 Å². The molecule has 4 nitrogen and oxygen atoms in total. The summed E-state index contributed by atoms with van der Waals surface area (Å²) in [5, 5.41) is 9.01. The van der Waals surface area contributed by atoms with E-state index in [2.05, 4.69) is 6.92 Å². The molecule has 0 aliphatic rings. The van der Waals surface area contributed by atoms with Crippen molar-refractivity contribution in [2.24, 2.45) is 0 Å². The monoisotopic (exact) mass is 223 g/mol. The van der Waals surface area contributed by atoms with Crippen LogP contribution in [0.1, 0.15) is 35.7 Å². The number of rotatable bonds is 6. The molecule has 88 valence electrons. The van der Waals surface area contributed by atoms with Crippen LogP contribution in [0, 0.1) is 0 Å². The van der Waals surface area contributed by atoms with Crippen LogP contribution < -0.4 is 5.73 Å². The Balaban J connectivity index is 2.71. The molecule has 0 saturated carbocycles. The molecular formula is C12H17NO3. The van der Waals surface area contributed by atoms with Crippen LogP contribution in [0.25, 0.3) is 0 Å². The highest BCUT2D eigenvalue weighted by Crippen LogP contribution is 2.18. The Kier molecular flexibility index (Phi) is 4.79. The summed E-state index contributed by atoms with van der Waals surface area (Å²) in [6, 6.07) is 5.05. The maximum absolute atomic E-state index is 11.0. The van der Waals surface area contributed by atoms with Gasteiger partial charge in [-0.3, -0.25) is 0 Å². The zero-order valence-corrected chi connectivity index (χ0v) is 9.40. The van der Waals surface area contributed by atoms with E-state index in [-0.39, 0.29) is 11.3 Å². The van der Waals surface area contributed by atoms with Crippen LogP contribution in [0.15, 0.2) is 18.2 Å². The molecule has 0 aliphatic carbocycles. The van der Waals surface area contributed by atoms with Gasteiger partial charge in [-0.05, 0) is 18.1 Å². The highest BCUT2D eigenvalue weighted by Gasteiger charge is 2.13. The first-order valence-corrected chi connectivity index (χ1v) is 5.35. The third-order valence-electron chi connectivity index (χ3n) is 2.30. The van der Waals surface area contributed by atoms with Crippen LogP contribution in [0.5, 0.6) is 0 Å². The van der Waals surface area contributed by atoms with E-state index in [1.54, 1.807) is 18.2 Å². The highest BCUT2D eigenvalue weighted by atomic mass is 16.5. The lowest BCUT2D eigenvalue weighted by Gasteiger charge is -2.09. The molecule has 0 bridgehead atoms. The number of anilines is 1. The molecule has 0 atom stereocenters. The molecule has 4 heteroatoms. The Morgan fingerprint density at radius 3 is 2.88 bits per heavy atom. The number of unbranched alkanes of at least 4 members (excludes halogenated alkanes) is 1. The fraction of sp³-hybridized carbons (Fsp3) is 0.417. The largest absolute Gasteiger partial charge is 0.478 e. The number of aromatic carboxylic acids is 1. The molecule has 0 unspecified atom stereocenters. The smallest absolute Gasteiger partial charge is 0.338 e. The Labute approximate surface area is 95.0 Å². The molecule has 0 spiro atoms. The minimum atomic E-state index is -1.01. The molecule has 0 heterocycles. The maximum atomic E-state index is 11.0. The molecule has 0 fully saturated rings. The standard InChI is InChI=1S/C12H17NO3/c1-2-3-7-16-8-9-5-4-6-10(13)11(9)12(14)15/h4-6H,2-3,7-8,13H2,1H3,(H,14,15). The van der Waals surface area contributed by atoms with Crippen molar-refractivity contribution in [1.29, 1.82) is 0 Å². The molecule has 1 aromatic rings. The number of carboxylic acids is 1. The Morgan fingerprint density at radius 2 is 2.25 bits per heavy atom. The summed E-state index contributed by atoms with van der Waals surface area (Å²) in [6.45, 7) is 3.02. The zero-order valence-electron chi connectivity index (χ0n) is 9.40. The highest BCUT2D eigenvalue weighted by molar-refractivity contribution is 5.95. The lowest BCUT2D eigenvalue weighted by molar-refractivity contribution is 0.0688. The van der Waals surface area contributed by atoms with E-state index in [0.717, 1.165) is 12.8 Å². The normalized spacial score (nSPS) is 10.3. The van der Waals surface area contributed by atoms with Gasteiger partial charge in [-0.1, -0.05) is 25.5 Å². The summed E-state index contributed by atoms with van der Waals surface area (Å²) < 4.78 is 5.39. The Bertz CT molecular complexity index is 363. The van der Waals surface area contributed by atoms with Crippen LogP contribution >= 0.6 is 0 Å². The van der Waals surface area contributed by atoms with Gasteiger partial charge in [-0.25, -0.2) is 4.79 Å². The van der Waals surface area contributed by atoms with E-state index in [9.17, 15) is 4.79 Å². The number of carboxylic acid groups (broad SMARTS) is 1. The number of hydrogen-bond donors (Lipinski definition) is 2. The summed E-state index contributed by atoms with van der Waals surface area (Å²) in [6.07, 6.45) is 2.04. The average Bonchev–Trinajstić information content (AvgIpc) is 2.24. The van der Waals surface area contributed by atoms with Crippen molar-refractivity contribution in [2.45, 2.75) is 26.4 Å². The quantitative estimate of drug-likeness (QED) is 0.573. The molecule has 0 radical (unpaired) electrons. The van der Waals surface area contributed by atoms with Crippen LogP contribution in [0.2, 0.25) is 0 Å². The topological polar surface area (TPSA) is 72.5 Å². The van der Waals surface area contributed by atoms with Gasteiger partial charge in [0, 0.05) is 12.3 Å². The lowest BCUT2D eigenvalue weighted by Crippen LogP contribution is -2.08. The predicted molar refractivity (Wildman–Crippen MR) is 62.4 cm³/mol. The van der Waals surface area contributed by atoms with Crippen LogP contribution in [-0.2, 0) is 11.3 Å².